The minimum Gasteiger partial charge on any atom is -0.462 e. The third-order valence-corrected chi connectivity index (χ3v) is 6.71. The molecule has 0 saturated carbocycles. The van der Waals surface area contributed by atoms with Gasteiger partial charge in [0.2, 0.25) is 0 Å². The van der Waals surface area contributed by atoms with Gasteiger partial charge in [-0.05, 0) is 46.3 Å². The van der Waals surface area contributed by atoms with Gasteiger partial charge in [0.25, 0.3) is 0 Å². The highest BCUT2D eigenvalue weighted by Gasteiger charge is 2.32. The van der Waals surface area contributed by atoms with E-state index in [0.29, 0.717) is 12.8 Å². The van der Waals surface area contributed by atoms with Crippen LogP contribution in [-0.4, -0.2) is 32.3 Å². The number of Topliss-reactive ketones (excluding diaryl/α,β-unsaturated/α-hetero) is 1. The van der Waals surface area contributed by atoms with Gasteiger partial charge in [-0.1, -0.05) is 78.1 Å². The van der Waals surface area contributed by atoms with Crippen molar-refractivity contribution in [2.24, 2.45) is 5.92 Å². The first kappa shape index (κ1) is 30.3. The van der Waals surface area contributed by atoms with E-state index < -0.39 is 14.2 Å². The maximum atomic E-state index is 12.7. The van der Waals surface area contributed by atoms with Gasteiger partial charge >= 0.3 is 5.97 Å². The lowest BCUT2D eigenvalue weighted by molar-refractivity contribution is -0.156. The van der Waals surface area contributed by atoms with E-state index in [1.54, 1.807) is 0 Å². The number of ether oxygens (including phenoxy) is 1. The molecule has 0 heterocycles. The molecule has 184 valence electrons. The van der Waals surface area contributed by atoms with Crippen molar-refractivity contribution in [3.05, 3.63) is 0 Å². The summed E-state index contributed by atoms with van der Waals surface area (Å²) < 4.78 is 11.9. The molecule has 0 aromatic carbocycles. The number of unbranched alkanes of at least 4 members (excludes halogenated alkanes) is 9. The third kappa shape index (κ3) is 17.5. The fourth-order valence-corrected chi connectivity index (χ4v) is 4.94. The molecule has 0 saturated heterocycles. The molecule has 0 radical (unpaired) electrons. The molecule has 5 heteroatoms. The molecule has 0 bridgehead atoms. The van der Waals surface area contributed by atoms with Crippen LogP contribution in [0.4, 0.5) is 0 Å². The van der Waals surface area contributed by atoms with E-state index in [4.69, 9.17) is 9.16 Å². The van der Waals surface area contributed by atoms with Crippen molar-refractivity contribution in [2.75, 3.05) is 0 Å². The molecule has 0 amide bonds. The zero-order valence-electron chi connectivity index (χ0n) is 21.8. The maximum absolute atomic E-state index is 12.7. The van der Waals surface area contributed by atoms with Crippen molar-refractivity contribution in [3.8, 4) is 0 Å². The van der Waals surface area contributed by atoms with Crippen molar-refractivity contribution in [1.29, 1.82) is 0 Å². The van der Waals surface area contributed by atoms with E-state index in [1.165, 1.54) is 44.9 Å². The Morgan fingerprint density at radius 1 is 0.774 bits per heavy atom. The maximum Gasteiger partial charge on any atom is 0.311 e. The standard InChI is InChI=1S/C26H52O4Si/c1-8-10-12-13-14-15-16-17-18-20-24(27)21-25(30-31(5,6)7)23(4)26(28)29-22(3)19-11-9-2/h22-23,25H,8-21H2,1-7H3/t22?,23?,25-/m1/s1. The average molecular weight is 457 g/mol. The second-order valence-electron chi connectivity index (χ2n) is 10.3. The van der Waals surface area contributed by atoms with Gasteiger partial charge in [-0.2, -0.15) is 0 Å². The Labute approximate surface area is 194 Å². The van der Waals surface area contributed by atoms with Crippen LogP contribution < -0.4 is 0 Å². The molecule has 0 aliphatic rings. The molecule has 0 N–H and O–H groups in total. The lowest BCUT2D eigenvalue weighted by Gasteiger charge is -2.30. The summed E-state index contributed by atoms with van der Waals surface area (Å²) >= 11 is 0. The summed E-state index contributed by atoms with van der Waals surface area (Å²) in [6.07, 6.45) is 14.7. The van der Waals surface area contributed by atoms with Crippen molar-refractivity contribution in [2.45, 2.75) is 149 Å². The summed E-state index contributed by atoms with van der Waals surface area (Å²) in [6, 6.07) is 0. The zero-order chi connectivity index (χ0) is 23.7. The molecular weight excluding hydrogens is 404 g/mol. The van der Waals surface area contributed by atoms with Gasteiger partial charge in [-0.25, -0.2) is 0 Å². The Morgan fingerprint density at radius 3 is 1.81 bits per heavy atom. The number of carbonyl (C=O) groups excluding carboxylic acids is 2. The fraction of sp³-hybridized carbons (Fsp3) is 0.923. The molecule has 0 fully saturated rings. The first-order valence-electron chi connectivity index (χ1n) is 13.0. The van der Waals surface area contributed by atoms with Crippen LogP contribution in [0.15, 0.2) is 0 Å². The Morgan fingerprint density at radius 2 is 1.29 bits per heavy atom. The zero-order valence-corrected chi connectivity index (χ0v) is 22.8. The van der Waals surface area contributed by atoms with Crippen LogP contribution in [0.3, 0.4) is 0 Å². The molecule has 0 aromatic heterocycles. The fourth-order valence-electron chi connectivity index (χ4n) is 3.74. The number of carbonyl (C=O) groups is 2. The minimum absolute atomic E-state index is 0.0832. The molecule has 0 aliphatic heterocycles. The van der Waals surface area contributed by atoms with Crippen molar-refractivity contribution < 1.29 is 18.8 Å². The van der Waals surface area contributed by atoms with E-state index in [2.05, 4.69) is 33.5 Å². The summed E-state index contributed by atoms with van der Waals surface area (Å²) in [6.45, 7) is 14.5. The summed E-state index contributed by atoms with van der Waals surface area (Å²) in [4.78, 5) is 25.3. The summed E-state index contributed by atoms with van der Waals surface area (Å²) in [5.41, 5.74) is 0. The molecule has 0 spiro atoms. The van der Waals surface area contributed by atoms with Gasteiger partial charge in [-0.15, -0.1) is 0 Å². The monoisotopic (exact) mass is 456 g/mol. The predicted octanol–water partition coefficient (Wildman–Crippen LogP) is 7.84. The normalized spacial score (nSPS) is 14.8. The lowest BCUT2D eigenvalue weighted by Crippen LogP contribution is -2.40. The molecular formula is C26H52O4Si. The molecule has 2 unspecified atom stereocenters. The summed E-state index contributed by atoms with van der Waals surface area (Å²) in [5.74, 6) is -0.435. The van der Waals surface area contributed by atoms with Gasteiger partial charge < -0.3 is 9.16 Å². The molecule has 4 nitrogen and oxygen atoms in total. The Hall–Kier alpha value is -0.683. The van der Waals surface area contributed by atoms with Crippen LogP contribution in [0.25, 0.3) is 0 Å². The van der Waals surface area contributed by atoms with Gasteiger partial charge in [0.1, 0.15) is 5.78 Å². The highest BCUT2D eigenvalue weighted by Crippen LogP contribution is 2.22. The van der Waals surface area contributed by atoms with Crippen LogP contribution in [-0.2, 0) is 18.8 Å². The smallest absolute Gasteiger partial charge is 0.311 e. The third-order valence-electron chi connectivity index (χ3n) is 5.70. The van der Waals surface area contributed by atoms with Crippen molar-refractivity contribution in [3.63, 3.8) is 0 Å². The predicted molar refractivity (Wildman–Crippen MR) is 134 cm³/mol. The number of hydrogen-bond donors (Lipinski definition) is 0. The Kier molecular flexibility index (Phi) is 17.4. The summed E-state index contributed by atoms with van der Waals surface area (Å²) in [5, 5.41) is 0. The minimum atomic E-state index is -1.88. The van der Waals surface area contributed by atoms with Gasteiger partial charge in [-0.3, -0.25) is 9.59 Å². The number of hydrogen-bond acceptors (Lipinski definition) is 4. The lowest BCUT2D eigenvalue weighted by atomic mass is 9.97. The van der Waals surface area contributed by atoms with E-state index in [0.717, 1.165) is 32.1 Å². The highest BCUT2D eigenvalue weighted by atomic mass is 28.4. The number of rotatable bonds is 20. The van der Waals surface area contributed by atoms with Gasteiger partial charge in [0.05, 0.1) is 18.1 Å². The topological polar surface area (TPSA) is 52.6 Å². The van der Waals surface area contributed by atoms with E-state index in [9.17, 15) is 9.59 Å². The SMILES string of the molecule is CCCCCCCCCCCC(=O)C[C@@H](O[Si](C)(C)C)C(C)C(=O)OC(C)CCCC. The van der Waals surface area contributed by atoms with E-state index in [1.807, 2.05) is 13.8 Å². The Bertz CT molecular complexity index is 473. The molecule has 0 aromatic rings. The van der Waals surface area contributed by atoms with Crippen molar-refractivity contribution in [1.82, 2.24) is 0 Å². The van der Waals surface area contributed by atoms with Gasteiger partial charge in [0, 0.05) is 12.8 Å². The molecule has 0 rings (SSSR count). The van der Waals surface area contributed by atoms with Crippen LogP contribution in [0, 0.1) is 5.92 Å². The highest BCUT2D eigenvalue weighted by molar-refractivity contribution is 6.69. The second kappa shape index (κ2) is 17.8. The molecule has 31 heavy (non-hydrogen) atoms. The number of ketones is 1. The number of esters is 1. The van der Waals surface area contributed by atoms with Crippen LogP contribution in [0.1, 0.15) is 118 Å². The van der Waals surface area contributed by atoms with Crippen LogP contribution >= 0.6 is 0 Å². The van der Waals surface area contributed by atoms with E-state index in [-0.39, 0.29) is 24.0 Å². The Balaban J connectivity index is 4.43. The average Bonchev–Trinajstić information content (AvgIpc) is 2.68. The van der Waals surface area contributed by atoms with E-state index >= 15 is 0 Å². The van der Waals surface area contributed by atoms with Gasteiger partial charge in [0.15, 0.2) is 8.32 Å². The van der Waals surface area contributed by atoms with Crippen LogP contribution in [0.5, 0.6) is 0 Å². The first-order valence-corrected chi connectivity index (χ1v) is 16.4. The van der Waals surface area contributed by atoms with Crippen molar-refractivity contribution >= 4 is 20.1 Å². The summed E-state index contributed by atoms with van der Waals surface area (Å²) in [7, 11) is -1.88. The van der Waals surface area contributed by atoms with Crippen LogP contribution in [0.2, 0.25) is 19.6 Å². The quantitative estimate of drug-likeness (QED) is 0.106. The largest absolute Gasteiger partial charge is 0.462 e. The molecule has 0 aliphatic carbocycles. The second-order valence-corrected chi connectivity index (χ2v) is 14.7. The molecule has 3 atom stereocenters. The first-order chi connectivity index (χ1) is 14.6.